The molecule has 0 aliphatic heterocycles. The Balaban J connectivity index is 1.45. The van der Waals surface area contributed by atoms with Crippen LogP contribution in [-0.2, 0) is 11.0 Å². The van der Waals surface area contributed by atoms with Crippen LogP contribution in [0.4, 0.5) is 13.2 Å². The lowest BCUT2D eigenvalue weighted by molar-refractivity contribution is -0.139. The molecule has 4 aromatic rings. The number of hydrogen-bond acceptors (Lipinski definition) is 5. The Labute approximate surface area is 187 Å². The third kappa shape index (κ3) is 3.59. The molecule has 0 saturated heterocycles. The Kier molecular flexibility index (Phi) is 4.68. The van der Waals surface area contributed by atoms with Gasteiger partial charge in [-0.1, -0.05) is 40.5 Å². The summed E-state index contributed by atoms with van der Waals surface area (Å²) in [5.41, 5.74) is 0.610. The second kappa shape index (κ2) is 7.21. The molecule has 32 heavy (non-hydrogen) atoms. The normalized spacial score (nSPS) is 18.3. The maximum absolute atomic E-state index is 13.0. The van der Waals surface area contributed by atoms with Crippen LogP contribution < -0.4 is 0 Å². The van der Waals surface area contributed by atoms with E-state index in [0.29, 0.717) is 17.0 Å². The van der Waals surface area contributed by atoms with Gasteiger partial charge in [0, 0.05) is 23.0 Å². The van der Waals surface area contributed by atoms with Crippen molar-refractivity contribution in [1.82, 2.24) is 19.5 Å². The molecule has 2 atom stereocenters. The van der Waals surface area contributed by atoms with E-state index >= 15 is 0 Å². The molecule has 7 nitrogen and oxygen atoms in total. The van der Waals surface area contributed by atoms with Crippen molar-refractivity contribution in [2.45, 2.75) is 18.5 Å². The van der Waals surface area contributed by atoms with E-state index < -0.39 is 23.6 Å². The number of aromatic nitrogens is 4. The summed E-state index contributed by atoms with van der Waals surface area (Å²) in [5, 5.41) is 13.2. The van der Waals surface area contributed by atoms with Crippen molar-refractivity contribution < 1.29 is 27.6 Å². The van der Waals surface area contributed by atoms with Gasteiger partial charge in [0.25, 0.3) is 5.89 Å². The Bertz CT molecular complexity index is 1380. The van der Waals surface area contributed by atoms with Crippen molar-refractivity contribution in [2.24, 2.45) is 5.92 Å². The van der Waals surface area contributed by atoms with Crippen molar-refractivity contribution in [3.63, 3.8) is 0 Å². The average Bonchev–Trinajstić information content (AvgIpc) is 3.16. The predicted molar refractivity (Wildman–Crippen MR) is 107 cm³/mol. The minimum Gasteiger partial charge on any atom is -0.481 e. The largest absolute Gasteiger partial charge is 0.481 e. The molecule has 1 fully saturated rings. The van der Waals surface area contributed by atoms with E-state index in [4.69, 9.17) is 32.8 Å². The maximum atomic E-state index is 13.0. The van der Waals surface area contributed by atoms with Crippen LogP contribution in [0.2, 0.25) is 10.0 Å². The number of nitrogens with zero attached hydrogens (tertiary/aromatic N) is 4. The number of hydrogen-bond donors (Lipinski definition) is 1. The van der Waals surface area contributed by atoms with Gasteiger partial charge in [0.2, 0.25) is 5.82 Å². The third-order valence-electron chi connectivity index (χ3n) is 5.24. The molecular weight excluding hydrogens is 472 g/mol. The van der Waals surface area contributed by atoms with E-state index in [-0.39, 0.29) is 34.0 Å². The van der Waals surface area contributed by atoms with E-state index in [9.17, 15) is 18.0 Å². The van der Waals surface area contributed by atoms with Gasteiger partial charge in [0.05, 0.1) is 16.5 Å². The molecule has 1 N–H and O–H groups in total. The van der Waals surface area contributed by atoms with Crippen LogP contribution in [0.25, 0.3) is 28.6 Å². The molecule has 164 valence electrons. The van der Waals surface area contributed by atoms with Gasteiger partial charge in [0.1, 0.15) is 5.69 Å². The lowest BCUT2D eigenvalue weighted by Crippen LogP contribution is -2.06. The van der Waals surface area contributed by atoms with Crippen LogP contribution in [0.5, 0.6) is 0 Å². The van der Waals surface area contributed by atoms with Crippen molar-refractivity contribution in [3.05, 3.63) is 57.8 Å². The van der Waals surface area contributed by atoms with Crippen LogP contribution in [0, 0.1) is 5.92 Å². The van der Waals surface area contributed by atoms with Gasteiger partial charge in [-0.15, -0.1) is 0 Å². The van der Waals surface area contributed by atoms with Crippen LogP contribution in [-0.4, -0.2) is 30.6 Å². The smallest absolute Gasteiger partial charge is 0.417 e. The summed E-state index contributed by atoms with van der Waals surface area (Å²) in [6.45, 7) is 0. The first-order valence-electron chi connectivity index (χ1n) is 9.24. The van der Waals surface area contributed by atoms with E-state index in [2.05, 4.69) is 15.1 Å². The van der Waals surface area contributed by atoms with Gasteiger partial charge in [-0.2, -0.15) is 18.2 Å². The van der Waals surface area contributed by atoms with Crippen LogP contribution >= 0.6 is 23.2 Å². The Morgan fingerprint density at radius 2 is 1.94 bits per heavy atom. The fourth-order valence-corrected chi connectivity index (χ4v) is 4.12. The van der Waals surface area contributed by atoms with Crippen molar-refractivity contribution in [3.8, 4) is 23.0 Å². The number of carbonyl (C=O) groups is 1. The summed E-state index contributed by atoms with van der Waals surface area (Å²) in [5.74, 6) is -1.23. The number of imidazole rings is 1. The minimum absolute atomic E-state index is 0.0124. The molecule has 2 unspecified atom stereocenters. The first-order chi connectivity index (χ1) is 15.1. The lowest BCUT2D eigenvalue weighted by atomic mass is 10.1. The van der Waals surface area contributed by atoms with Crippen LogP contribution in [0.1, 0.15) is 23.5 Å². The second-order valence-corrected chi connectivity index (χ2v) is 8.19. The highest BCUT2D eigenvalue weighted by molar-refractivity contribution is 6.33. The number of halogens is 5. The third-order valence-corrected chi connectivity index (χ3v) is 5.85. The quantitative estimate of drug-likeness (QED) is 0.408. The van der Waals surface area contributed by atoms with Crippen LogP contribution in [0.15, 0.2) is 41.2 Å². The Morgan fingerprint density at radius 1 is 1.16 bits per heavy atom. The highest BCUT2D eigenvalue weighted by atomic mass is 35.5. The molecule has 0 radical (unpaired) electrons. The zero-order valence-corrected chi connectivity index (χ0v) is 17.3. The molecule has 0 spiro atoms. The van der Waals surface area contributed by atoms with Gasteiger partial charge in [0.15, 0.2) is 5.65 Å². The van der Waals surface area contributed by atoms with Gasteiger partial charge >= 0.3 is 12.1 Å². The summed E-state index contributed by atoms with van der Waals surface area (Å²) >= 11 is 12.3. The van der Waals surface area contributed by atoms with Crippen molar-refractivity contribution in [2.75, 3.05) is 0 Å². The lowest BCUT2D eigenvalue weighted by Gasteiger charge is -2.07. The van der Waals surface area contributed by atoms with E-state index in [1.54, 1.807) is 18.2 Å². The predicted octanol–water partition coefficient (Wildman–Crippen LogP) is 5.57. The molecule has 0 bridgehead atoms. The minimum atomic E-state index is -4.56. The van der Waals surface area contributed by atoms with Gasteiger partial charge in [-0.3, -0.25) is 4.79 Å². The Hall–Kier alpha value is -3.11. The van der Waals surface area contributed by atoms with E-state index in [0.717, 1.165) is 22.2 Å². The molecule has 1 aromatic carbocycles. The van der Waals surface area contributed by atoms with Gasteiger partial charge < -0.3 is 14.0 Å². The summed E-state index contributed by atoms with van der Waals surface area (Å²) in [6.07, 6.45) is -1.84. The molecule has 12 heteroatoms. The standard InChI is InChI=1S/C20H11Cl2F3N4O3/c21-13-3-8(1-2-10(13)11-5-12(11)19(30)31)16-27-18(32-28-16)15-7-29-6-9(20(23,24)25)4-14(22)17(29)26-15/h1-4,6-7,11-12H,5H2,(H,30,31). The number of alkyl halides is 3. The highest BCUT2D eigenvalue weighted by Crippen LogP contribution is 2.50. The monoisotopic (exact) mass is 482 g/mol. The summed E-state index contributed by atoms with van der Waals surface area (Å²) in [4.78, 5) is 19.5. The number of fused-ring (bicyclic) bond motifs is 1. The molecule has 5 rings (SSSR count). The van der Waals surface area contributed by atoms with Gasteiger partial charge in [-0.05, 0) is 30.0 Å². The Morgan fingerprint density at radius 3 is 2.59 bits per heavy atom. The number of aliphatic carboxylic acids is 1. The molecule has 3 heterocycles. The molecule has 1 aliphatic carbocycles. The second-order valence-electron chi connectivity index (χ2n) is 7.38. The number of pyridine rings is 1. The molecule has 3 aromatic heterocycles. The maximum Gasteiger partial charge on any atom is 0.417 e. The zero-order valence-electron chi connectivity index (χ0n) is 15.8. The SMILES string of the molecule is O=C(O)C1CC1c1ccc(-c2noc(-c3cn4cc(C(F)(F)F)cc(Cl)c4n3)n2)cc1Cl. The molecule has 1 aliphatic rings. The molecular formula is C20H11Cl2F3N4O3. The highest BCUT2D eigenvalue weighted by Gasteiger charge is 2.45. The fourth-order valence-electron chi connectivity index (χ4n) is 3.54. The topological polar surface area (TPSA) is 93.5 Å². The van der Waals surface area contributed by atoms with E-state index in [1.807, 2.05) is 0 Å². The van der Waals surface area contributed by atoms with Crippen molar-refractivity contribution in [1.29, 1.82) is 0 Å². The number of rotatable bonds is 4. The van der Waals surface area contributed by atoms with E-state index in [1.165, 1.54) is 6.20 Å². The van der Waals surface area contributed by atoms with Crippen molar-refractivity contribution >= 4 is 34.8 Å². The number of carboxylic acid groups (broad SMARTS) is 1. The summed E-state index contributed by atoms with van der Waals surface area (Å²) < 4.78 is 45.4. The average molecular weight is 483 g/mol. The first-order valence-corrected chi connectivity index (χ1v) is 9.99. The fraction of sp³-hybridized carbons (Fsp3) is 0.200. The number of benzene rings is 1. The summed E-state index contributed by atoms with van der Waals surface area (Å²) in [7, 11) is 0. The molecule has 1 saturated carbocycles. The number of carboxylic acids is 1. The van der Waals surface area contributed by atoms with Crippen LogP contribution in [0.3, 0.4) is 0 Å². The van der Waals surface area contributed by atoms with Gasteiger partial charge in [-0.25, -0.2) is 4.98 Å². The zero-order chi connectivity index (χ0) is 22.8. The first kappa shape index (κ1) is 20.8. The molecule has 0 amide bonds. The summed E-state index contributed by atoms with van der Waals surface area (Å²) in [6, 6.07) is 5.83.